The minimum atomic E-state index is 0.273. The molecule has 3 aromatic rings. The van der Waals surface area contributed by atoms with Gasteiger partial charge in [0.2, 0.25) is 0 Å². The molecule has 0 bridgehead atoms. The first-order valence-corrected chi connectivity index (χ1v) is 11.3. The van der Waals surface area contributed by atoms with Crippen LogP contribution in [0.3, 0.4) is 0 Å². The first-order valence-electron chi connectivity index (χ1n) is 10.4. The van der Waals surface area contributed by atoms with Gasteiger partial charge in [0.25, 0.3) is 0 Å². The summed E-state index contributed by atoms with van der Waals surface area (Å²) >= 11 is 1.69. The van der Waals surface area contributed by atoms with E-state index >= 15 is 0 Å². The van der Waals surface area contributed by atoms with E-state index in [1.807, 2.05) is 55.5 Å². The summed E-state index contributed by atoms with van der Waals surface area (Å²) in [5, 5.41) is 9.89. The molecule has 0 N–H and O–H groups in total. The Balaban J connectivity index is 1.67. The number of thioether (sulfide) groups is 1. The molecule has 7 heteroatoms. The molecule has 0 aliphatic carbocycles. The van der Waals surface area contributed by atoms with Crippen LogP contribution in [0.1, 0.15) is 26.2 Å². The summed E-state index contributed by atoms with van der Waals surface area (Å²) in [4.78, 5) is 0. The van der Waals surface area contributed by atoms with Crippen molar-refractivity contribution in [2.45, 2.75) is 37.4 Å². The molecule has 1 saturated heterocycles. The van der Waals surface area contributed by atoms with Gasteiger partial charge in [-0.15, -0.1) is 10.2 Å². The zero-order valence-electron chi connectivity index (χ0n) is 17.4. The van der Waals surface area contributed by atoms with Gasteiger partial charge in [-0.25, -0.2) is 0 Å². The molecule has 1 atom stereocenters. The van der Waals surface area contributed by atoms with Crippen LogP contribution >= 0.6 is 11.8 Å². The monoisotopic (exact) mass is 425 g/mol. The molecular formula is C23H27N3O3S. The number of hydrogen-bond donors (Lipinski definition) is 0. The summed E-state index contributed by atoms with van der Waals surface area (Å²) in [7, 11) is 1.67. The van der Waals surface area contributed by atoms with Crippen molar-refractivity contribution in [3.63, 3.8) is 0 Å². The summed E-state index contributed by atoms with van der Waals surface area (Å²) in [6, 6.07) is 15.9. The molecule has 2 heterocycles. The van der Waals surface area contributed by atoms with E-state index in [1.165, 1.54) is 6.42 Å². The van der Waals surface area contributed by atoms with E-state index in [-0.39, 0.29) is 6.10 Å². The number of rotatable bonds is 8. The van der Waals surface area contributed by atoms with Gasteiger partial charge in [-0.2, -0.15) is 0 Å². The predicted molar refractivity (Wildman–Crippen MR) is 119 cm³/mol. The zero-order chi connectivity index (χ0) is 20.8. The molecule has 1 aliphatic rings. The highest BCUT2D eigenvalue weighted by Crippen LogP contribution is 2.31. The molecule has 0 radical (unpaired) electrons. The first-order chi connectivity index (χ1) is 14.8. The van der Waals surface area contributed by atoms with Crippen LogP contribution in [0, 0.1) is 0 Å². The van der Waals surface area contributed by atoms with Gasteiger partial charge < -0.3 is 14.2 Å². The summed E-state index contributed by atoms with van der Waals surface area (Å²) in [6.45, 7) is 3.48. The Morgan fingerprint density at radius 1 is 1.10 bits per heavy atom. The van der Waals surface area contributed by atoms with E-state index in [4.69, 9.17) is 14.2 Å². The Morgan fingerprint density at radius 2 is 1.97 bits per heavy atom. The van der Waals surface area contributed by atoms with Gasteiger partial charge in [-0.1, -0.05) is 23.9 Å². The molecule has 1 fully saturated rings. The van der Waals surface area contributed by atoms with Crippen molar-refractivity contribution in [2.75, 3.05) is 26.1 Å². The highest BCUT2D eigenvalue weighted by molar-refractivity contribution is 7.99. The highest BCUT2D eigenvalue weighted by Gasteiger charge is 2.20. The van der Waals surface area contributed by atoms with Gasteiger partial charge in [0.1, 0.15) is 11.5 Å². The van der Waals surface area contributed by atoms with E-state index < -0.39 is 0 Å². The molecule has 0 saturated carbocycles. The molecule has 0 spiro atoms. The number of benzene rings is 2. The average Bonchev–Trinajstić information content (AvgIpc) is 3.23. The number of aromatic nitrogens is 3. The van der Waals surface area contributed by atoms with Crippen molar-refractivity contribution in [3.05, 3.63) is 48.5 Å². The Morgan fingerprint density at radius 3 is 2.70 bits per heavy atom. The summed E-state index contributed by atoms with van der Waals surface area (Å²) in [5.74, 6) is 3.29. The minimum Gasteiger partial charge on any atom is -0.497 e. The van der Waals surface area contributed by atoms with Crippen molar-refractivity contribution in [2.24, 2.45) is 0 Å². The van der Waals surface area contributed by atoms with E-state index in [0.29, 0.717) is 6.61 Å². The van der Waals surface area contributed by atoms with Gasteiger partial charge in [-0.3, -0.25) is 4.57 Å². The third-order valence-electron chi connectivity index (χ3n) is 5.04. The fourth-order valence-electron chi connectivity index (χ4n) is 3.51. The lowest BCUT2D eigenvalue weighted by atomic mass is 10.1. The van der Waals surface area contributed by atoms with E-state index in [9.17, 15) is 0 Å². The summed E-state index contributed by atoms with van der Waals surface area (Å²) < 4.78 is 19.0. The first kappa shape index (κ1) is 20.8. The van der Waals surface area contributed by atoms with Crippen LogP contribution < -0.4 is 9.47 Å². The Labute approximate surface area is 181 Å². The molecule has 6 nitrogen and oxygen atoms in total. The number of nitrogens with zero attached hydrogens (tertiary/aromatic N) is 3. The predicted octanol–water partition coefficient (Wildman–Crippen LogP) is 5.00. The Kier molecular flexibility index (Phi) is 6.92. The zero-order valence-corrected chi connectivity index (χ0v) is 18.2. The summed E-state index contributed by atoms with van der Waals surface area (Å²) in [5.41, 5.74) is 1.95. The van der Waals surface area contributed by atoms with Gasteiger partial charge in [-0.05, 0) is 62.6 Å². The van der Waals surface area contributed by atoms with Crippen LogP contribution in [0.4, 0.5) is 0 Å². The topological polar surface area (TPSA) is 58.4 Å². The molecule has 4 rings (SSSR count). The smallest absolute Gasteiger partial charge is 0.196 e. The molecule has 2 aromatic carbocycles. The van der Waals surface area contributed by atoms with Gasteiger partial charge in [0, 0.05) is 23.6 Å². The average molecular weight is 426 g/mol. The third kappa shape index (κ3) is 4.79. The second-order valence-electron chi connectivity index (χ2n) is 7.10. The maximum atomic E-state index is 5.90. The Hall–Kier alpha value is -2.51. The van der Waals surface area contributed by atoms with Crippen molar-refractivity contribution in [1.82, 2.24) is 14.8 Å². The van der Waals surface area contributed by atoms with E-state index in [1.54, 1.807) is 18.9 Å². The third-order valence-corrected chi connectivity index (χ3v) is 6.10. The maximum absolute atomic E-state index is 5.90. The van der Waals surface area contributed by atoms with Crippen LogP contribution in [0.15, 0.2) is 53.7 Å². The van der Waals surface area contributed by atoms with Gasteiger partial charge in [0.05, 0.1) is 19.8 Å². The lowest BCUT2D eigenvalue weighted by Gasteiger charge is -2.22. The molecule has 0 unspecified atom stereocenters. The quantitative estimate of drug-likeness (QED) is 0.473. The summed E-state index contributed by atoms with van der Waals surface area (Å²) in [6.07, 6.45) is 3.76. The van der Waals surface area contributed by atoms with Crippen LogP contribution in [-0.2, 0) is 4.74 Å². The van der Waals surface area contributed by atoms with Crippen LogP contribution in [-0.4, -0.2) is 46.9 Å². The normalized spacial score (nSPS) is 16.4. The molecule has 30 heavy (non-hydrogen) atoms. The highest BCUT2D eigenvalue weighted by atomic mass is 32.2. The molecule has 0 amide bonds. The van der Waals surface area contributed by atoms with Gasteiger partial charge in [0.15, 0.2) is 11.0 Å². The lowest BCUT2D eigenvalue weighted by Crippen LogP contribution is -2.21. The number of hydrogen-bond acceptors (Lipinski definition) is 6. The van der Waals surface area contributed by atoms with Crippen LogP contribution in [0.2, 0.25) is 0 Å². The number of methoxy groups -OCH3 is 1. The SMILES string of the molecule is CCOc1ccc(-n2c(SC[C@@H]3CCCCO3)nnc2-c2cccc(OC)c2)cc1. The molecule has 158 valence electrons. The standard InChI is InChI=1S/C23H27N3O3S/c1-3-28-19-12-10-18(11-13-19)26-22(17-7-6-9-20(15-17)27-2)24-25-23(26)30-16-21-8-4-5-14-29-21/h6-7,9-13,15,21H,3-5,8,14,16H2,1-2H3/t21-/m0/s1. The second kappa shape index (κ2) is 10.00. The fraction of sp³-hybridized carbons (Fsp3) is 0.391. The lowest BCUT2D eigenvalue weighted by molar-refractivity contribution is 0.0315. The largest absolute Gasteiger partial charge is 0.497 e. The van der Waals surface area contributed by atoms with Crippen LogP contribution in [0.5, 0.6) is 11.5 Å². The molecular weight excluding hydrogens is 398 g/mol. The number of ether oxygens (including phenoxy) is 3. The van der Waals surface area contributed by atoms with Crippen molar-refractivity contribution < 1.29 is 14.2 Å². The maximum Gasteiger partial charge on any atom is 0.196 e. The second-order valence-corrected chi connectivity index (χ2v) is 8.09. The van der Waals surface area contributed by atoms with Crippen LogP contribution in [0.25, 0.3) is 17.1 Å². The fourth-order valence-corrected chi connectivity index (χ4v) is 4.53. The Bertz CT molecular complexity index is 953. The minimum absolute atomic E-state index is 0.273. The molecule has 1 aliphatic heterocycles. The van der Waals surface area contributed by atoms with E-state index in [2.05, 4.69) is 14.8 Å². The van der Waals surface area contributed by atoms with Crippen molar-refractivity contribution in [3.8, 4) is 28.6 Å². The molecule has 1 aromatic heterocycles. The van der Waals surface area contributed by atoms with Crippen molar-refractivity contribution >= 4 is 11.8 Å². The van der Waals surface area contributed by atoms with E-state index in [0.717, 1.165) is 58.9 Å². The van der Waals surface area contributed by atoms with Gasteiger partial charge >= 0.3 is 0 Å². The van der Waals surface area contributed by atoms with Crippen molar-refractivity contribution in [1.29, 1.82) is 0 Å².